The normalized spacial score (nSPS) is 11.9. The Kier molecular flexibility index (Phi) is 7.79. The summed E-state index contributed by atoms with van der Waals surface area (Å²) in [6.07, 6.45) is -4.01. The minimum absolute atomic E-state index is 0.108. The van der Waals surface area contributed by atoms with Gasteiger partial charge in [0, 0.05) is 46.1 Å². The van der Waals surface area contributed by atoms with Crippen LogP contribution in [-0.4, -0.2) is 16.2 Å². The fraction of sp³-hybridized carbons (Fsp3) is 0.276. The molecule has 0 fully saturated rings. The van der Waals surface area contributed by atoms with Gasteiger partial charge in [0.1, 0.15) is 0 Å². The first-order valence-corrected chi connectivity index (χ1v) is 12.9. The maximum Gasteiger partial charge on any atom is 0.416 e. The summed E-state index contributed by atoms with van der Waals surface area (Å²) in [5.41, 5.74) is 3.38. The van der Waals surface area contributed by atoms with Crippen LogP contribution < -0.4 is 5.32 Å². The van der Waals surface area contributed by atoms with Gasteiger partial charge >= 0.3 is 6.18 Å². The number of nitrogens with one attached hydrogen (secondary N) is 1. The molecule has 4 aromatic rings. The van der Waals surface area contributed by atoms with Gasteiger partial charge in [0.2, 0.25) is 0 Å². The number of rotatable bonds is 8. The van der Waals surface area contributed by atoms with Crippen LogP contribution in [0.1, 0.15) is 59.6 Å². The highest BCUT2D eigenvalue weighted by molar-refractivity contribution is 7.99. The molecular weight excluding hydrogens is 481 g/mol. The summed E-state index contributed by atoms with van der Waals surface area (Å²) in [4.78, 5) is 14.1. The van der Waals surface area contributed by atoms with Gasteiger partial charge in [-0.25, -0.2) is 0 Å². The summed E-state index contributed by atoms with van der Waals surface area (Å²) in [6, 6.07) is 21.2. The van der Waals surface area contributed by atoms with E-state index < -0.39 is 11.7 Å². The van der Waals surface area contributed by atoms with Crippen LogP contribution >= 0.6 is 11.8 Å². The number of aromatic nitrogens is 1. The molecule has 0 saturated carbocycles. The monoisotopic (exact) mass is 510 g/mol. The fourth-order valence-electron chi connectivity index (χ4n) is 4.40. The first kappa shape index (κ1) is 25.9. The van der Waals surface area contributed by atoms with Crippen LogP contribution in [0.4, 0.5) is 13.2 Å². The van der Waals surface area contributed by atoms with E-state index in [0.29, 0.717) is 24.1 Å². The summed E-state index contributed by atoms with van der Waals surface area (Å²) in [7, 11) is 0. The van der Waals surface area contributed by atoms with Crippen molar-refractivity contribution in [3.63, 3.8) is 0 Å². The summed E-state index contributed by atoms with van der Waals surface area (Å²) in [5, 5.41) is 3.86. The first-order chi connectivity index (χ1) is 17.2. The second kappa shape index (κ2) is 10.8. The molecule has 1 amide bonds. The predicted octanol–water partition coefficient (Wildman–Crippen LogP) is 7.87. The molecule has 1 heterocycles. The van der Waals surface area contributed by atoms with Gasteiger partial charge in [-0.1, -0.05) is 37.3 Å². The van der Waals surface area contributed by atoms with Crippen molar-refractivity contribution < 1.29 is 18.0 Å². The van der Waals surface area contributed by atoms with E-state index in [-0.39, 0.29) is 11.9 Å². The Hall–Kier alpha value is -3.19. The average Bonchev–Trinajstić information content (AvgIpc) is 3.20. The molecule has 0 aliphatic rings. The van der Waals surface area contributed by atoms with E-state index in [1.807, 2.05) is 44.2 Å². The smallest absolute Gasteiger partial charge is 0.348 e. The van der Waals surface area contributed by atoms with E-state index in [0.717, 1.165) is 34.0 Å². The third-order valence-electron chi connectivity index (χ3n) is 6.02. The number of amides is 1. The van der Waals surface area contributed by atoms with Crippen LogP contribution in [0.5, 0.6) is 0 Å². The van der Waals surface area contributed by atoms with E-state index in [2.05, 4.69) is 28.9 Å². The van der Waals surface area contributed by atoms with Crippen LogP contribution in [0.15, 0.2) is 77.7 Å². The summed E-state index contributed by atoms with van der Waals surface area (Å²) >= 11 is 1.77. The molecule has 0 radical (unpaired) electrons. The molecule has 0 aliphatic carbocycles. The zero-order chi connectivity index (χ0) is 25.9. The SMILES string of the molecule is CCSc1ccc(CNC(=O)c2ccc3c(c2)cc(Cc2cccc(C(F)(F)F)c2)n3C(C)C)cc1. The van der Waals surface area contributed by atoms with Crippen molar-refractivity contribution in [3.8, 4) is 0 Å². The average molecular weight is 511 g/mol. The van der Waals surface area contributed by atoms with Crippen molar-refractivity contribution in [2.24, 2.45) is 0 Å². The van der Waals surface area contributed by atoms with Crippen molar-refractivity contribution in [2.75, 3.05) is 5.75 Å². The minimum atomic E-state index is -4.38. The number of hydrogen-bond acceptors (Lipinski definition) is 2. The lowest BCUT2D eigenvalue weighted by molar-refractivity contribution is -0.137. The molecule has 7 heteroatoms. The van der Waals surface area contributed by atoms with Crippen LogP contribution in [0.3, 0.4) is 0 Å². The maximum atomic E-state index is 13.2. The fourth-order valence-corrected chi connectivity index (χ4v) is 5.06. The quantitative estimate of drug-likeness (QED) is 0.245. The van der Waals surface area contributed by atoms with Crippen LogP contribution in [0.2, 0.25) is 0 Å². The zero-order valence-corrected chi connectivity index (χ0v) is 21.3. The highest BCUT2D eigenvalue weighted by Crippen LogP contribution is 2.31. The van der Waals surface area contributed by atoms with E-state index in [9.17, 15) is 18.0 Å². The predicted molar refractivity (Wildman–Crippen MR) is 141 cm³/mol. The summed E-state index contributed by atoms with van der Waals surface area (Å²) in [5.74, 6) is 0.847. The number of benzene rings is 3. The lowest BCUT2D eigenvalue weighted by Crippen LogP contribution is -2.22. The number of carbonyl (C=O) groups excluding carboxylic acids is 1. The topological polar surface area (TPSA) is 34.0 Å². The molecule has 0 bridgehead atoms. The number of halogens is 3. The van der Waals surface area contributed by atoms with Gasteiger partial charge in [-0.3, -0.25) is 4.79 Å². The third-order valence-corrected chi connectivity index (χ3v) is 6.92. The molecule has 3 aromatic carbocycles. The Bertz CT molecular complexity index is 1360. The number of carbonyl (C=O) groups is 1. The number of fused-ring (bicyclic) bond motifs is 1. The first-order valence-electron chi connectivity index (χ1n) is 12.0. The number of nitrogens with zero attached hydrogens (tertiary/aromatic N) is 1. The van der Waals surface area contributed by atoms with Crippen LogP contribution in [-0.2, 0) is 19.1 Å². The van der Waals surface area contributed by atoms with Crippen molar-refractivity contribution >= 4 is 28.6 Å². The highest BCUT2D eigenvalue weighted by Gasteiger charge is 2.30. The Morgan fingerprint density at radius 3 is 2.39 bits per heavy atom. The molecule has 0 saturated heterocycles. The molecule has 1 N–H and O–H groups in total. The van der Waals surface area contributed by atoms with Gasteiger partial charge in [0.05, 0.1) is 5.56 Å². The second-order valence-corrected chi connectivity index (χ2v) is 10.3. The lowest BCUT2D eigenvalue weighted by atomic mass is 10.1. The van der Waals surface area contributed by atoms with Gasteiger partial charge in [-0.15, -0.1) is 11.8 Å². The molecule has 188 valence electrons. The molecule has 0 aliphatic heterocycles. The summed E-state index contributed by atoms with van der Waals surface area (Å²) < 4.78 is 41.7. The maximum absolute atomic E-state index is 13.2. The molecule has 0 atom stereocenters. The lowest BCUT2D eigenvalue weighted by Gasteiger charge is -2.16. The highest BCUT2D eigenvalue weighted by atomic mass is 32.2. The molecule has 0 spiro atoms. The van der Waals surface area contributed by atoms with Gasteiger partial charge in [-0.05, 0) is 73.2 Å². The molecule has 3 nitrogen and oxygen atoms in total. The van der Waals surface area contributed by atoms with E-state index in [4.69, 9.17) is 0 Å². The summed E-state index contributed by atoms with van der Waals surface area (Å²) in [6.45, 7) is 6.63. The Balaban J connectivity index is 1.55. The molecule has 36 heavy (non-hydrogen) atoms. The van der Waals surface area contributed by atoms with Crippen LogP contribution in [0.25, 0.3) is 10.9 Å². The number of hydrogen-bond donors (Lipinski definition) is 1. The van der Waals surface area contributed by atoms with Crippen molar-refractivity contribution in [1.29, 1.82) is 0 Å². The Morgan fingerprint density at radius 2 is 1.72 bits per heavy atom. The van der Waals surface area contributed by atoms with Gasteiger partial charge in [0.15, 0.2) is 0 Å². The zero-order valence-electron chi connectivity index (χ0n) is 20.5. The van der Waals surface area contributed by atoms with Gasteiger partial charge < -0.3 is 9.88 Å². The molecule has 1 aromatic heterocycles. The Labute approximate surface area is 213 Å². The van der Waals surface area contributed by atoms with Crippen molar-refractivity contribution in [2.45, 2.75) is 50.9 Å². The van der Waals surface area contributed by atoms with E-state index in [1.54, 1.807) is 23.9 Å². The standard InChI is InChI=1S/C29H29F3N2OS/c1-4-36-26-11-8-20(9-12-26)18-33-28(35)22-10-13-27-23(16-22)17-25(34(27)19(2)3)15-21-6-5-7-24(14-21)29(30,31)32/h5-14,16-17,19H,4,15,18H2,1-3H3,(H,33,35). The molecule has 4 rings (SSSR count). The van der Waals surface area contributed by atoms with E-state index in [1.165, 1.54) is 17.0 Å². The number of thioether (sulfide) groups is 1. The van der Waals surface area contributed by atoms with Crippen LogP contribution in [0, 0.1) is 0 Å². The van der Waals surface area contributed by atoms with Crippen molar-refractivity contribution in [1.82, 2.24) is 9.88 Å². The molecular formula is C29H29F3N2OS. The third kappa shape index (κ3) is 5.95. The Morgan fingerprint density at radius 1 is 0.972 bits per heavy atom. The van der Waals surface area contributed by atoms with Crippen molar-refractivity contribution in [3.05, 3.63) is 101 Å². The molecule has 0 unspecified atom stereocenters. The number of alkyl halides is 3. The van der Waals surface area contributed by atoms with Gasteiger partial charge in [0.25, 0.3) is 5.91 Å². The second-order valence-electron chi connectivity index (χ2n) is 9.01. The van der Waals surface area contributed by atoms with Gasteiger partial charge in [-0.2, -0.15) is 13.2 Å². The largest absolute Gasteiger partial charge is 0.416 e. The van der Waals surface area contributed by atoms with E-state index >= 15 is 0 Å². The minimum Gasteiger partial charge on any atom is -0.348 e.